The molecule has 3 N–H and O–H groups in total. The minimum absolute atomic E-state index is 0.436. The van der Waals surface area contributed by atoms with E-state index in [2.05, 4.69) is 9.97 Å². The van der Waals surface area contributed by atoms with Gasteiger partial charge in [-0.3, -0.25) is 4.79 Å². The Morgan fingerprint density at radius 1 is 1.32 bits per heavy atom. The topological polar surface area (TPSA) is 84.9 Å². The van der Waals surface area contributed by atoms with E-state index in [1.807, 2.05) is 12.1 Å². The zero-order chi connectivity index (χ0) is 13.2. The van der Waals surface area contributed by atoms with Gasteiger partial charge in [0, 0.05) is 18.4 Å². The van der Waals surface area contributed by atoms with Gasteiger partial charge in [0.25, 0.3) is 0 Å². The molecule has 0 bridgehead atoms. The van der Waals surface area contributed by atoms with Crippen LogP contribution in [-0.4, -0.2) is 15.9 Å². The average molecular weight is 255 g/mol. The van der Waals surface area contributed by atoms with Gasteiger partial charge >= 0.3 is 0 Å². The monoisotopic (exact) mass is 255 g/mol. The molecule has 0 spiro atoms. The van der Waals surface area contributed by atoms with E-state index in [9.17, 15) is 4.79 Å². The molecule has 0 unspecified atom stereocenters. The molecule has 19 heavy (non-hydrogen) atoms. The first-order valence-electron chi connectivity index (χ1n) is 6.03. The molecule has 0 atom stereocenters. The summed E-state index contributed by atoms with van der Waals surface area (Å²) in [5, 5.41) is 0. The number of fused-ring (bicyclic) bond motifs is 1. The molecule has 0 aliphatic rings. The number of nitrogens with zero attached hydrogens (tertiary/aromatic N) is 1. The van der Waals surface area contributed by atoms with Crippen LogP contribution in [0.1, 0.15) is 21.9 Å². The third-order valence-corrected chi connectivity index (χ3v) is 3.00. The van der Waals surface area contributed by atoms with E-state index in [1.165, 1.54) is 0 Å². The fraction of sp³-hybridized carbons (Fsp3) is 0.143. The largest absolute Gasteiger partial charge is 0.469 e. The predicted octanol–water partition coefficient (Wildman–Crippen LogP) is 2.04. The van der Waals surface area contributed by atoms with Crippen molar-refractivity contribution in [2.75, 3.05) is 0 Å². The molecule has 2 heterocycles. The van der Waals surface area contributed by atoms with Crippen LogP contribution in [0.5, 0.6) is 0 Å². The number of carbonyl (C=O) groups is 1. The first-order valence-corrected chi connectivity index (χ1v) is 6.03. The molecule has 5 nitrogen and oxygen atoms in total. The molecule has 96 valence electrons. The number of aromatic amines is 1. The number of benzene rings is 1. The molecule has 0 radical (unpaired) electrons. The third-order valence-electron chi connectivity index (χ3n) is 3.00. The van der Waals surface area contributed by atoms with E-state index < -0.39 is 5.91 Å². The van der Waals surface area contributed by atoms with Crippen molar-refractivity contribution in [2.45, 2.75) is 12.8 Å². The summed E-state index contributed by atoms with van der Waals surface area (Å²) in [6.07, 6.45) is 3.21. The standard InChI is InChI=1S/C14H13N3O2/c15-14(18)9-3-5-11-12(8-9)17-13(16-11)6-4-10-2-1-7-19-10/h1-3,5,7-8H,4,6H2,(H2,15,18)(H,16,17). The van der Waals surface area contributed by atoms with Gasteiger partial charge in [0.05, 0.1) is 17.3 Å². The second kappa shape index (κ2) is 4.61. The number of nitrogens with two attached hydrogens (primary N) is 1. The molecule has 0 aliphatic carbocycles. The summed E-state index contributed by atoms with van der Waals surface area (Å²) < 4.78 is 5.28. The molecular formula is C14H13N3O2. The summed E-state index contributed by atoms with van der Waals surface area (Å²) in [4.78, 5) is 18.8. The van der Waals surface area contributed by atoms with Crippen molar-refractivity contribution < 1.29 is 9.21 Å². The third kappa shape index (κ3) is 2.35. The van der Waals surface area contributed by atoms with Gasteiger partial charge in [-0.15, -0.1) is 0 Å². The van der Waals surface area contributed by atoms with Crippen molar-refractivity contribution in [2.24, 2.45) is 5.73 Å². The maximum atomic E-state index is 11.1. The number of hydrogen-bond donors (Lipinski definition) is 2. The van der Waals surface area contributed by atoms with E-state index in [1.54, 1.807) is 24.5 Å². The van der Waals surface area contributed by atoms with Crippen LogP contribution in [0.2, 0.25) is 0 Å². The number of hydrogen-bond acceptors (Lipinski definition) is 3. The number of aromatic nitrogens is 2. The van der Waals surface area contributed by atoms with E-state index in [4.69, 9.17) is 10.2 Å². The molecule has 0 aliphatic heterocycles. The summed E-state index contributed by atoms with van der Waals surface area (Å²) in [6, 6.07) is 9.01. The van der Waals surface area contributed by atoms with E-state index >= 15 is 0 Å². The number of H-pyrrole nitrogens is 1. The summed E-state index contributed by atoms with van der Waals surface area (Å²) in [5.41, 5.74) is 7.39. The quantitative estimate of drug-likeness (QED) is 0.748. The highest BCUT2D eigenvalue weighted by atomic mass is 16.3. The van der Waals surface area contributed by atoms with Crippen molar-refractivity contribution in [1.29, 1.82) is 0 Å². The smallest absolute Gasteiger partial charge is 0.248 e. The summed E-state index contributed by atoms with van der Waals surface area (Å²) in [6.45, 7) is 0. The molecule has 3 aromatic rings. The Balaban J connectivity index is 1.83. The zero-order valence-corrected chi connectivity index (χ0v) is 10.2. The number of carbonyl (C=O) groups excluding carboxylic acids is 1. The lowest BCUT2D eigenvalue weighted by Gasteiger charge is -1.94. The van der Waals surface area contributed by atoms with Crippen molar-refractivity contribution in [1.82, 2.24) is 9.97 Å². The molecule has 3 rings (SSSR count). The molecule has 2 aromatic heterocycles. The highest BCUT2D eigenvalue weighted by Crippen LogP contribution is 2.15. The Morgan fingerprint density at radius 3 is 2.95 bits per heavy atom. The number of amides is 1. The van der Waals surface area contributed by atoms with E-state index in [0.29, 0.717) is 5.56 Å². The second-order valence-corrected chi connectivity index (χ2v) is 4.36. The molecule has 1 amide bonds. The predicted molar refractivity (Wildman–Crippen MR) is 70.7 cm³/mol. The van der Waals surface area contributed by atoms with Crippen LogP contribution in [-0.2, 0) is 12.8 Å². The van der Waals surface area contributed by atoms with Crippen LogP contribution in [0.15, 0.2) is 41.0 Å². The Kier molecular flexibility index (Phi) is 2.79. The van der Waals surface area contributed by atoms with Crippen LogP contribution in [0.3, 0.4) is 0 Å². The van der Waals surface area contributed by atoms with Gasteiger partial charge < -0.3 is 15.1 Å². The molecule has 0 fully saturated rings. The highest BCUT2D eigenvalue weighted by Gasteiger charge is 2.07. The van der Waals surface area contributed by atoms with Crippen LogP contribution >= 0.6 is 0 Å². The lowest BCUT2D eigenvalue weighted by molar-refractivity contribution is 0.100. The number of primary amides is 1. The van der Waals surface area contributed by atoms with Gasteiger partial charge in [-0.2, -0.15) is 0 Å². The Bertz CT molecular complexity index is 713. The second-order valence-electron chi connectivity index (χ2n) is 4.36. The Morgan fingerprint density at radius 2 is 2.21 bits per heavy atom. The molecule has 1 aromatic carbocycles. The summed E-state index contributed by atoms with van der Waals surface area (Å²) in [7, 11) is 0. The van der Waals surface area contributed by atoms with Crippen LogP contribution < -0.4 is 5.73 Å². The van der Waals surface area contributed by atoms with E-state index in [-0.39, 0.29) is 0 Å². The lowest BCUT2D eigenvalue weighted by Crippen LogP contribution is -2.10. The minimum Gasteiger partial charge on any atom is -0.469 e. The number of nitrogens with one attached hydrogen (secondary N) is 1. The van der Waals surface area contributed by atoms with Crippen LogP contribution in [0.25, 0.3) is 11.0 Å². The summed E-state index contributed by atoms with van der Waals surface area (Å²) in [5.74, 6) is 1.36. The molecule has 0 saturated heterocycles. The number of furan rings is 1. The van der Waals surface area contributed by atoms with Gasteiger partial charge in [-0.25, -0.2) is 4.98 Å². The van der Waals surface area contributed by atoms with Gasteiger partial charge in [0.15, 0.2) is 0 Å². The van der Waals surface area contributed by atoms with Gasteiger partial charge in [-0.05, 0) is 30.3 Å². The Hall–Kier alpha value is -2.56. The number of imidazole rings is 1. The van der Waals surface area contributed by atoms with Crippen molar-refractivity contribution >= 4 is 16.9 Å². The van der Waals surface area contributed by atoms with Crippen LogP contribution in [0.4, 0.5) is 0 Å². The molecule has 5 heteroatoms. The maximum absolute atomic E-state index is 11.1. The fourth-order valence-corrected chi connectivity index (χ4v) is 2.03. The number of rotatable bonds is 4. The normalized spacial score (nSPS) is 10.9. The van der Waals surface area contributed by atoms with Crippen molar-refractivity contribution in [3.8, 4) is 0 Å². The Labute approximate surface area is 109 Å². The molecule has 0 saturated carbocycles. The first-order chi connectivity index (χ1) is 9.22. The van der Waals surface area contributed by atoms with E-state index in [0.717, 1.165) is 35.5 Å². The van der Waals surface area contributed by atoms with Gasteiger partial charge in [-0.1, -0.05) is 0 Å². The fourth-order valence-electron chi connectivity index (χ4n) is 2.03. The van der Waals surface area contributed by atoms with Crippen molar-refractivity contribution in [3.05, 3.63) is 53.7 Å². The number of aryl methyl sites for hydroxylation is 2. The summed E-state index contributed by atoms with van der Waals surface area (Å²) >= 11 is 0. The first kappa shape index (κ1) is 11.5. The van der Waals surface area contributed by atoms with Crippen molar-refractivity contribution in [3.63, 3.8) is 0 Å². The zero-order valence-electron chi connectivity index (χ0n) is 10.2. The SMILES string of the molecule is NC(=O)c1ccc2nc(CCc3ccco3)[nH]c2c1. The minimum atomic E-state index is -0.436. The van der Waals surface area contributed by atoms with Crippen LogP contribution in [0, 0.1) is 0 Å². The molecular weight excluding hydrogens is 242 g/mol. The van der Waals surface area contributed by atoms with Gasteiger partial charge in [0.1, 0.15) is 11.6 Å². The highest BCUT2D eigenvalue weighted by molar-refractivity contribution is 5.96. The lowest BCUT2D eigenvalue weighted by atomic mass is 10.2. The average Bonchev–Trinajstić information content (AvgIpc) is 3.04. The van der Waals surface area contributed by atoms with Gasteiger partial charge in [0.2, 0.25) is 5.91 Å². The maximum Gasteiger partial charge on any atom is 0.248 e.